The van der Waals surface area contributed by atoms with Gasteiger partial charge in [-0.2, -0.15) is 0 Å². The van der Waals surface area contributed by atoms with Gasteiger partial charge in [0.2, 0.25) is 0 Å². The van der Waals surface area contributed by atoms with Crippen molar-refractivity contribution in [1.82, 2.24) is 0 Å². The molecule has 0 aromatic heterocycles. The smallest absolute Gasteiger partial charge is 0.116 e. The Kier molecular flexibility index (Phi) is 12.5. The van der Waals surface area contributed by atoms with Crippen molar-refractivity contribution in [2.75, 3.05) is 0 Å². The molecule has 250 valence electrons. The van der Waals surface area contributed by atoms with Crippen LogP contribution < -0.4 is 31.8 Å². The molecule has 7 aromatic carbocycles. The van der Waals surface area contributed by atoms with E-state index in [0.29, 0.717) is 0 Å². The molecule has 0 unspecified atom stereocenters. The number of hydrogen-bond donors (Lipinski definition) is 0. The Hall–Kier alpha value is -4.02. The predicted molar refractivity (Wildman–Crippen MR) is 228 cm³/mol. The summed E-state index contributed by atoms with van der Waals surface area (Å²) in [7, 11) is -4.03. The third-order valence-corrected chi connectivity index (χ3v) is 18.5. The number of rotatable bonds is 10. The fraction of sp³-hybridized carbons (Fsp3) is 0.0870. The van der Waals surface area contributed by atoms with Crippen molar-refractivity contribution in [3.63, 3.8) is 0 Å². The second kappa shape index (κ2) is 16.8. The first kappa shape index (κ1) is 37.2. The molecular formula is C46H44Cl2P2+2. The lowest BCUT2D eigenvalue weighted by atomic mass is 10.0. The SMILES string of the molecule is Cc1cc(C[P+](c2ccccc2)(c2ccccc2)c2ccccc2)c(C)cc1C[P+](c1ccccc1)(c1ccccc1)c1ccccc1.Cl.Cl. The van der Waals surface area contributed by atoms with Gasteiger partial charge in [-0.25, -0.2) is 0 Å². The maximum atomic E-state index is 2.52. The van der Waals surface area contributed by atoms with Gasteiger partial charge < -0.3 is 0 Å². The summed E-state index contributed by atoms with van der Waals surface area (Å²) in [5.74, 6) is 0. The summed E-state index contributed by atoms with van der Waals surface area (Å²) >= 11 is 0. The van der Waals surface area contributed by atoms with Gasteiger partial charge in [-0.15, -0.1) is 24.8 Å². The minimum absolute atomic E-state index is 0. The van der Waals surface area contributed by atoms with E-state index in [1.807, 2.05) is 0 Å². The van der Waals surface area contributed by atoms with Gasteiger partial charge in [-0.1, -0.05) is 121 Å². The first-order chi connectivity index (χ1) is 23.6. The zero-order valence-electron chi connectivity index (χ0n) is 28.6. The molecule has 50 heavy (non-hydrogen) atoms. The molecule has 0 saturated carbocycles. The van der Waals surface area contributed by atoms with E-state index in [-0.39, 0.29) is 24.8 Å². The highest BCUT2D eigenvalue weighted by Crippen LogP contribution is 2.60. The van der Waals surface area contributed by atoms with Crippen LogP contribution in [0.25, 0.3) is 0 Å². The van der Waals surface area contributed by atoms with Gasteiger partial charge in [-0.05, 0) is 109 Å². The molecule has 4 heteroatoms. The summed E-state index contributed by atoms with van der Waals surface area (Å²) < 4.78 is 0. The van der Waals surface area contributed by atoms with Gasteiger partial charge in [0.15, 0.2) is 0 Å². The average molecular weight is 730 g/mol. The van der Waals surface area contributed by atoms with Crippen molar-refractivity contribution < 1.29 is 0 Å². The van der Waals surface area contributed by atoms with Crippen LogP contribution >= 0.6 is 39.3 Å². The molecule has 0 atom stereocenters. The van der Waals surface area contributed by atoms with Gasteiger partial charge in [0.25, 0.3) is 0 Å². The zero-order chi connectivity index (χ0) is 32.8. The largest absolute Gasteiger partial charge is 0.147 e. The first-order valence-electron chi connectivity index (χ1n) is 16.8. The van der Waals surface area contributed by atoms with Gasteiger partial charge in [-0.3, -0.25) is 0 Å². The lowest BCUT2D eigenvalue weighted by Crippen LogP contribution is -2.33. The topological polar surface area (TPSA) is 0 Å². The van der Waals surface area contributed by atoms with Crippen LogP contribution in [0.15, 0.2) is 194 Å². The molecule has 0 aliphatic rings. The lowest BCUT2D eigenvalue weighted by Gasteiger charge is -2.30. The Morgan fingerprint density at radius 2 is 0.480 bits per heavy atom. The summed E-state index contributed by atoms with van der Waals surface area (Å²) in [6, 6.07) is 72.5. The molecule has 0 aliphatic carbocycles. The zero-order valence-corrected chi connectivity index (χ0v) is 32.0. The van der Waals surface area contributed by atoms with Crippen molar-refractivity contribution in [3.05, 3.63) is 216 Å². The van der Waals surface area contributed by atoms with Gasteiger partial charge in [0, 0.05) is 0 Å². The Labute approximate surface area is 312 Å². The van der Waals surface area contributed by atoms with Crippen LogP contribution in [0.2, 0.25) is 0 Å². The molecule has 0 amide bonds. The summed E-state index contributed by atoms with van der Waals surface area (Å²) in [4.78, 5) is 0. The summed E-state index contributed by atoms with van der Waals surface area (Å²) in [6.07, 6.45) is 1.96. The molecule has 7 aromatic rings. The van der Waals surface area contributed by atoms with Crippen molar-refractivity contribution >= 4 is 71.2 Å². The molecule has 0 spiro atoms. The van der Waals surface area contributed by atoms with Crippen LogP contribution in [-0.4, -0.2) is 0 Å². The predicted octanol–water partition coefficient (Wildman–Crippen LogP) is 10.1. The minimum atomic E-state index is -2.01. The number of halogens is 2. The maximum Gasteiger partial charge on any atom is 0.116 e. The van der Waals surface area contributed by atoms with E-state index >= 15 is 0 Å². The maximum absolute atomic E-state index is 2.52. The lowest BCUT2D eigenvalue weighted by molar-refractivity contribution is 1.20. The highest BCUT2D eigenvalue weighted by atomic mass is 35.5. The highest BCUT2D eigenvalue weighted by Gasteiger charge is 2.47. The summed E-state index contributed by atoms with van der Waals surface area (Å²) in [5, 5.41) is 8.53. The van der Waals surface area contributed by atoms with E-state index in [1.165, 1.54) is 54.1 Å². The normalized spacial score (nSPS) is 11.2. The van der Waals surface area contributed by atoms with Gasteiger partial charge in [0.1, 0.15) is 46.4 Å². The molecule has 7 rings (SSSR count). The van der Waals surface area contributed by atoms with Crippen LogP contribution in [0, 0.1) is 13.8 Å². The van der Waals surface area contributed by atoms with Gasteiger partial charge in [0.05, 0.1) is 12.3 Å². The molecule has 0 nitrogen and oxygen atoms in total. The monoisotopic (exact) mass is 728 g/mol. The Morgan fingerprint density at radius 1 is 0.300 bits per heavy atom. The molecule has 0 bridgehead atoms. The van der Waals surface area contributed by atoms with Crippen molar-refractivity contribution in [1.29, 1.82) is 0 Å². The van der Waals surface area contributed by atoms with Gasteiger partial charge >= 0.3 is 0 Å². The average Bonchev–Trinajstić information content (AvgIpc) is 3.16. The van der Waals surface area contributed by atoms with E-state index < -0.39 is 14.5 Å². The number of hydrogen-bond acceptors (Lipinski definition) is 0. The molecule has 0 fully saturated rings. The van der Waals surface area contributed by atoms with Crippen LogP contribution in [0.3, 0.4) is 0 Å². The second-order valence-corrected chi connectivity index (χ2v) is 19.6. The van der Waals surface area contributed by atoms with Crippen molar-refractivity contribution in [3.8, 4) is 0 Å². The van der Waals surface area contributed by atoms with Crippen molar-refractivity contribution in [2.24, 2.45) is 0 Å². The molecule has 0 aliphatic heterocycles. The standard InChI is InChI=1S/C46H42P2.2ClH/c1-37-33-40(36-48(44-27-15-6-16-28-44,45-29-17-7-18-30-45)46-31-19-8-20-32-46)38(2)34-39(37)35-47(41-21-9-3-10-22-41,42-23-11-4-12-24-42)43-25-13-5-14-26-43;;/h3-34H,35-36H2,1-2H3;2*1H/q+2;;. The van der Waals surface area contributed by atoms with E-state index in [9.17, 15) is 0 Å². The van der Waals surface area contributed by atoms with Crippen LogP contribution in [0.5, 0.6) is 0 Å². The number of benzene rings is 7. The van der Waals surface area contributed by atoms with Crippen LogP contribution in [0.4, 0.5) is 0 Å². The summed E-state index contributed by atoms with van der Waals surface area (Å²) in [6.45, 7) is 4.67. The fourth-order valence-electron chi connectivity index (χ4n) is 7.32. The molecular weight excluding hydrogens is 685 g/mol. The second-order valence-electron chi connectivity index (χ2n) is 12.7. The minimum Gasteiger partial charge on any atom is -0.147 e. The molecule has 0 N–H and O–H groups in total. The van der Waals surface area contributed by atoms with E-state index in [1.54, 1.807) is 0 Å². The summed E-state index contributed by atoms with van der Waals surface area (Å²) in [5.41, 5.74) is 5.61. The van der Waals surface area contributed by atoms with Crippen LogP contribution in [-0.2, 0) is 12.3 Å². The van der Waals surface area contributed by atoms with Crippen LogP contribution in [0.1, 0.15) is 22.3 Å². The highest BCUT2D eigenvalue weighted by molar-refractivity contribution is 7.95. The molecule has 0 heterocycles. The fourth-order valence-corrected chi connectivity index (χ4v) is 16.0. The third kappa shape index (κ3) is 7.23. The molecule has 0 saturated heterocycles. The molecule has 0 radical (unpaired) electrons. The van der Waals surface area contributed by atoms with E-state index in [0.717, 1.165) is 12.3 Å². The van der Waals surface area contributed by atoms with E-state index in [4.69, 9.17) is 0 Å². The first-order valence-corrected chi connectivity index (χ1v) is 20.7. The quantitative estimate of drug-likeness (QED) is 0.123. The van der Waals surface area contributed by atoms with E-state index in [2.05, 4.69) is 208 Å². The third-order valence-electron chi connectivity index (χ3n) is 9.79. The van der Waals surface area contributed by atoms with Crippen molar-refractivity contribution in [2.45, 2.75) is 26.2 Å². The Balaban J connectivity index is 0.00000243. The Bertz CT molecular complexity index is 1720. The number of aryl methyl sites for hydroxylation is 2. The Morgan fingerprint density at radius 3 is 0.660 bits per heavy atom.